The smallest absolute Gasteiger partial charge is 0.323 e. The van der Waals surface area contributed by atoms with Crippen LogP contribution in [0, 0.1) is 0 Å². The highest BCUT2D eigenvalue weighted by molar-refractivity contribution is 5.78. The summed E-state index contributed by atoms with van der Waals surface area (Å²) in [6.45, 7) is 5.67. The third-order valence-corrected chi connectivity index (χ3v) is 3.74. The molecule has 0 aromatic carbocycles. The van der Waals surface area contributed by atoms with Crippen LogP contribution in [-0.4, -0.2) is 59.6 Å². The van der Waals surface area contributed by atoms with Crippen molar-refractivity contribution in [1.82, 2.24) is 9.80 Å². The zero-order valence-electron chi connectivity index (χ0n) is 10.9. The number of hydrogen-bond acceptors (Lipinski definition) is 3. The molecule has 1 aliphatic heterocycles. The van der Waals surface area contributed by atoms with E-state index in [1.165, 1.54) is 0 Å². The van der Waals surface area contributed by atoms with Crippen molar-refractivity contribution < 1.29 is 9.90 Å². The van der Waals surface area contributed by atoms with E-state index < -0.39 is 11.5 Å². The van der Waals surface area contributed by atoms with Gasteiger partial charge in [0, 0.05) is 12.6 Å². The highest BCUT2D eigenvalue weighted by atomic mass is 16.4. The number of nitrogens with zero attached hydrogens (tertiary/aromatic N) is 2. The lowest BCUT2D eigenvalue weighted by Crippen LogP contribution is -2.55. The standard InChI is InChI=1S/C12H24N2O2/c1-5-12(2,11(15)16)14-8-6-7-10(14)9-13(3)4/h10H,5-9H2,1-4H3,(H,15,16). The van der Waals surface area contributed by atoms with Crippen LogP contribution in [-0.2, 0) is 4.79 Å². The van der Waals surface area contributed by atoms with E-state index in [2.05, 4.69) is 9.80 Å². The Balaban J connectivity index is 2.80. The van der Waals surface area contributed by atoms with E-state index in [0.717, 1.165) is 25.9 Å². The van der Waals surface area contributed by atoms with Crippen LogP contribution in [0.3, 0.4) is 0 Å². The lowest BCUT2D eigenvalue weighted by atomic mass is 9.95. The molecule has 1 saturated heterocycles. The van der Waals surface area contributed by atoms with E-state index in [4.69, 9.17) is 0 Å². The number of aliphatic carboxylic acids is 1. The first-order chi connectivity index (χ1) is 7.41. The second kappa shape index (κ2) is 5.15. The van der Waals surface area contributed by atoms with E-state index >= 15 is 0 Å². The molecule has 0 amide bonds. The molecular weight excluding hydrogens is 204 g/mol. The van der Waals surface area contributed by atoms with Crippen molar-refractivity contribution >= 4 is 5.97 Å². The van der Waals surface area contributed by atoms with Gasteiger partial charge in [-0.1, -0.05) is 6.92 Å². The maximum absolute atomic E-state index is 11.4. The molecule has 1 N–H and O–H groups in total. The minimum absolute atomic E-state index is 0.385. The molecule has 2 unspecified atom stereocenters. The van der Waals surface area contributed by atoms with Crippen molar-refractivity contribution in [2.24, 2.45) is 0 Å². The summed E-state index contributed by atoms with van der Waals surface area (Å²) < 4.78 is 0. The Morgan fingerprint density at radius 2 is 2.19 bits per heavy atom. The summed E-state index contributed by atoms with van der Waals surface area (Å²) in [6, 6.07) is 0.385. The molecule has 16 heavy (non-hydrogen) atoms. The van der Waals surface area contributed by atoms with Crippen molar-refractivity contribution in [1.29, 1.82) is 0 Å². The van der Waals surface area contributed by atoms with Crippen LogP contribution < -0.4 is 0 Å². The molecule has 0 bridgehead atoms. The first kappa shape index (κ1) is 13.5. The first-order valence-corrected chi connectivity index (χ1v) is 6.06. The predicted octanol–water partition coefficient (Wildman–Crippen LogP) is 1.27. The molecule has 0 aliphatic carbocycles. The normalized spacial score (nSPS) is 25.9. The fourth-order valence-corrected chi connectivity index (χ4v) is 2.57. The van der Waals surface area contributed by atoms with Gasteiger partial charge in [-0.3, -0.25) is 9.69 Å². The molecule has 0 aromatic rings. The zero-order valence-corrected chi connectivity index (χ0v) is 10.9. The van der Waals surface area contributed by atoms with Gasteiger partial charge in [-0.15, -0.1) is 0 Å². The number of likely N-dealkylation sites (tertiary alicyclic amines) is 1. The minimum Gasteiger partial charge on any atom is -0.480 e. The molecule has 1 fully saturated rings. The van der Waals surface area contributed by atoms with E-state index in [9.17, 15) is 9.90 Å². The Hall–Kier alpha value is -0.610. The second-order valence-electron chi connectivity index (χ2n) is 5.18. The van der Waals surface area contributed by atoms with E-state index in [-0.39, 0.29) is 0 Å². The number of carbonyl (C=O) groups is 1. The van der Waals surface area contributed by atoms with E-state index in [1.807, 2.05) is 27.9 Å². The second-order valence-corrected chi connectivity index (χ2v) is 5.18. The summed E-state index contributed by atoms with van der Waals surface area (Å²) in [6.07, 6.45) is 2.88. The maximum atomic E-state index is 11.4. The third-order valence-electron chi connectivity index (χ3n) is 3.74. The number of carboxylic acids is 1. The molecule has 94 valence electrons. The number of carboxylic acid groups (broad SMARTS) is 1. The van der Waals surface area contributed by atoms with Crippen molar-refractivity contribution in [2.75, 3.05) is 27.2 Å². The van der Waals surface area contributed by atoms with Crippen molar-refractivity contribution in [3.8, 4) is 0 Å². The molecule has 0 radical (unpaired) electrons. The van der Waals surface area contributed by atoms with Gasteiger partial charge >= 0.3 is 5.97 Å². The Labute approximate surface area is 98.2 Å². The maximum Gasteiger partial charge on any atom is 0.323 e. The van der Waals surface area contributed by atoms with Crippen LogP contribution in [0.15, 0.2) is 0 Å². The Bertz CT molecular complexity index is 255. The number of rotatable bonds is 5. The molecule has 2 atom stereocenters. The molecule has 1 aliphatic rings. The van der Waals surface area contributed by atoms with Gasteiger partial charge in [0.2, 0.25) is 0 Å². The van der Waals surface area contributed by atoms with Crippen LogP contribution in [0.2, 0.25) is 0 Å². The number of likely N-dealkylation sites (N-methyl/N-ethyl adjacent to an activating group) is 1. The SMILES string of the molecule is CCC(C)(C(=O)O)N1CCCC1CN(C)C. The fourth-order valence-electron chi connectivity index (χ4n) is 2.57. The van der Waals surface area contributed by atoms with Crippen LogP contribution in [0.4, 0.5) is 0 Å². The van der Waals surface area contributed by atoms with Crippen LogP contribution >= 0.6 is 0 Å². The highest BCUT2D eigenvalue weighted by Gasteiger charge is 2.43. The molecular formula is C12H24N2O2. The van der Waals surface area contributed by atoms with Crippen molar-refractivity contribution in [3.05, 3.63) is 0 Å². The van der Waals surface area contributed by atoms with Gasteiger partial charge in [-0.05, 0) is 46.8 Å². The first-order valence-electron chi connectivity index (χ1n) is 6.06. The molecule has 0 saturated carbocycles. The van der Waals surface area contributed by atoms with Gasteiger partial charge in [0.1, 0.15) is 5.54 Å². The summed E-state index contributed by atoms with van der Waals surface area (Å²) in [5.41, 5.74) is -0.697. The summed E-state index contributed by atoms with van der Waals surface area (Å²) in [5, 5.41) is 9.39. The van der Waals surface area contributed by atoms with E-state index in [0.29, 0.717) is 12.5 Å². The Morgan fingerprint density at radius 1 is 1.56 bits per heavy atom. The van der Waals surface area contributed by atoms with Gasteiger partial charge < -0.3 is 10.0 Å². The molecule has 1 rings (SSSR count). The zero-order chi connectivity index (χ0) is 12.3. The fraction of sp³-hybridized carbons (Fsp3) is 0.917. The van der Waals surface area contributed by atoms with Gasteiger partial charge in [0.25, 0.3) is 0 Å². The van der Waals surface area contributed by atoms with Crippen LogP contribution in [0.25, 0.3) is 0 Å². The topological polar surface area (TPSA) is 43.8 Å². The molecule has 4 heteroatoms. The number of hydrogen-bond donors (Lipinski definition) is 1. The monoisotopic (exact) mass is 228 g/mol. The van der Waals surface area contributed by atoms with E-state index in [1.54, 1.807) is 0 Å². The average Bonchev–Trinajstić information content (AvgIpc) is 2.63. The summed E-state index contributed by atoms with van der Waals surface area (Å²) in [7, 11) is 4.08. The molecule has 4 nitrogen and oxygen atoms in total. The van der Waals surface area contributed by atoms with Gasteiger partial charge in [-0.2, -0.15) is 0 Å². The molecule has 1 heterocycles. The molecule has 0 spiro atoms. The predicted molar refractivity (Wildman–Crippen MR) is 64.6 cm³/mol. The van der Waals surface area contributed by atoms with Crippen molar-refractivity contribution in [2.45, 2.75) is 44.7 Å². The lowest BCUT2D eigenvalue weighted by molar-refractivity contribution is -0.151. The van der Waals surface area contributed by atoms with Crippen LogP contribution in [0.5, 0.6) is 0 Å². The summed E-state index contributed by atoms with van der Waals surface area (Å²) in [4.78, 5) is 15.7. The molecule has 0 aromatic heterocycles. The summed E-state index contributed by atoms with van der Waals surface area (Å²) in [5.74, 6) is -0.694. The Morgan fingerprint density at radius 3 is 2.62 bits per heavy atom. The quantitative estimate of drug-likeness (QED) is 0.769. The lowest BCUT2D eigenvalue weighted by Gasteiger charge is -2.39. The van der Waals surface area contributed by atoms with Crippen molar-refractivity contribution in [3.63, 3.8) is 0 Å². The van der Waals surface area contributed by atoms with Crippen LogP contribution in [0.1, 0.15) is 33.1 Å². The average molecular weight is 228 g/mol. The minimum atomic E-state index is -0.697. The largest absolute Gasteiger partial charge is 0.480 e. The third kappa shape index (κ3) is 2.55. The van der Waals surface area contributed by atoms with Gasteiger partial charge in [0.15, 0.2) is 0 Å². The Kier molecular flexibility index (Phi) is 4.33. The van der Waals surface area contributed by atoms with Gasteiger partial charge in [-0.25, -0.2) is 0 Å². The summed E-state index contributed by atoms with van der Waals surface area (Å²) >= 11 is 0. The highest BCUT2D eigenvalue weighted by Crippen LogP contribution is 2.29. The van der Waals surface area contributed by atoms with Gasteiger partial charge in [0.05, 0.1) is 0 Å².